The van der Waals surface area contributed by atoms with Crippen LogP contribution in [0.3, 0.4) is 0 Å². The van der Waals surface area contributed by atoms with Crippen LogP contribution in [0.2, 0.25) is 0 Å². The monoisotopic (exact) mass is 557 g/mol. The lowest BCUT2D eigenvalue weighted by Crippen LogP contribution is -2.65. The third-order valence-electron chi connectivity index (χ3n) is 9.36. The molecule has 2 amide bonds. The highest BCUT2D eigenvalue weighted by Crippen LogP contribution is 2.42. The van der Waals surface area contributed by atoms with E-state index in [2.05, 4.69) is 41.3 Å². The second kappa shape index (κ2) is 11.1. The molecule has 2 fully saturated rings. The molecule has 42 heavy (non-hydrogen) atoms. The van der Waals surface area contributed by atoms with Gasteiger partial charge in [-0.25, -0.2) is 4.79 Å². The van der Waals surface area contributed by atoms with Crippen LogP contribution in [-0.2, 0) is 17.6 Å². The van der Waals surface area contributed by atoms with E-state index in [0.29, 0.717) is 19.5 Å². The van der Waals surface area contributed by atoms with Crippen molar-refractivity contribution in [3.05, 3.63) is 131 Å². The first-order valence-corrected chi connectivity index (χ1v) is 14.9. The van der Waals surface area contributed by atoms with Crippen molar-refractivity contribution in [1.29, 1.82) is 0 Å². The lowest BCUT2D eigenvalue weighted by atomic mass is 9.89. The number of rotatable bonds is 5. The van der Waals surface area contributed by atoms with Crippen molar-refractivity contribution in [2.24, 2.45) is 0 Å². The minimum atomic E-state index is -0.866. The maximum atomic E-state index is 14.7. The van der Waals surface area contributed by atoms with Gasteiger partial charge in [-0.05, 0) is 60.1 Å². The van der Waals surface area contributed by atoms with Gasteiger partial charge in [0, 0.05) is 25.0 Å². The molecule has 4 aromatic carbocycles. The molecule has 3 heterocycles. The summed E-state index contributed by atoms with van der Waals surface area (Å²) in [7, 11) is 0. The smallest absolute Gasteiger partial charge is 0.329 e. The zero-order chi connectivity index (χ0) is 28.6. The summed E-state index contributed by atoms with van der Waals surface area (Å²) in [6.45, 7) is 1.11. The Hall–Kier alpha value is -4.42. The Bertz CT molecular complexity index is 1500. The lowest BCUT2D eigenvalue weighted by molar-refractivity contribution is -0.147. The van der Waals surface area contributed by atoms with E-state index < -0.39 is 18.1 Å². The van der Waals surface area contributed by atoms with Crippen LogP contribution in [0.25, 0.3) is 0 Å². The van der Waals surface area contributed by atoms with Gasteiger partial charge in [0.2, 0.25) is 0 Å². The molecular formula is C36H35N3O3. The number of aliphatic carboxylic acids is 1. The third kappa shape index (κ3) is 4.66. The highest BCUT2D eigenvalue weighted by Gasteiger charge is 2.53. The third-order valence-corrected chi connectivity index (χ3v) is 9.36. The number of likely N-dealkylation sites (tertiary alicyclic amines) is 1. The molecule has 0 aliphatic carbocycles. The van der Waals surface area contributed by atoms with Gasteiger partial charge in [-0.1, -0.05) is 97.1 Å². The Morgan fingerprint density at radius 2 is 1.24 bits per heavy atom. The molecule has 6 nitrogen and oxygen atoms in total. The first-order chi connectivity index (χ1) is 20.6. The number of piperazine rings is 1. The highest BCUT2D eigenvalue weighted by molar-refractivity contribution is 6.02. The van der Waals surface area contributed by atoms with Crippen molar-refractivity contribution in [2.75, 3.05) is 18.0 Å². The number of carboxylic acid groups (broad SMARTS) is 1. The number of benzene rings is 4. The molecule has 0 spiro atoms. The van der Waals surface area contributed by atoms with Gasteiger partial charge in [0.05, 0.1) is 17.4 Å². The van der Waals surface area contributed by atoms with E-state index in [9.17, 15) is 14.7 Å². The number of aryl methyl sites for hydroxylation is 2. The molecule has 7 rings (SSSR count). The number of carboxylic acids is 1. The molecule has 2 bridgehead atoms. The SMILES string of the molecule is O=C(O)[C@@H]1[C@H]2CC[C@@H](CN1CC(c1ccccc1)c1ccccc1)N2C(=O)N1c2ccccc2CCc2ccccc21. The Kier molecular flexibility index (Phi) is 7.00. The molecule has 6 heteroatoms. The summed E-state index contributed by atoms with van der Waals surface area (Å²) in [6.07, 6.45) is 3.20. The van der Waals surface area contributed by atoms with Crippen molar-refractivity contribution in [2.45, 2.75) is 49.7 Å². The van der Waals surface area contributed by atoms with Gasteiger partial charge >= 0.3 is 12.0 Å². The average molecular weight is 558 g/mol. The van der Waals surface area contributed by atoms with E-state index in [0.717, 1.165) is 52.9 Å². The summed E-state index contributed by atoms with van der Waals surface area (Å²) in [5.41, 5.74) is 6.39. The van der Waals surface area contributed by atoms with E-state index in [4.69, 9.17) is 0 Å². The summed E-state index contributed by atoms with van der Waals surface area (Å²) in [5.74, 6) is -0.838. The number of hydrogen-bond donors (Lipinski definition) is 1. The fraction of sp³-hybridized carbons (Fsp3) is 0.278. The van der Waals surface area contributed by atoms with Crippen molar-refractivity contribution < 1.29 is 14.7 Å². The van der Waals surface area contributed by atoms with Crippen molar-refractivity contribution in [3.8, 4) is 0 Å². The van der Waals surface area contributed by atoms with Crippen molar-refractivity contribution in [3.63, 3.8) is 0 Å². The van der Waals surface area contributed by atoms with Gasteiger partial charge in [-0.2, -0.15) is 0 Å². The van der Waals surface area contributed by atoms with Gasteiger partial charge in [0.1, 0.15) is 6.04 Å². The van der Waals surface area contributed by atoms with Gasteiger partial charge in [0.25, 0.3) is 0 Å². The van der Waals surface area contributed by atoms with E-state index in [-0.39, 0.29) is 18.0 Å². The number of carbonyl (C=O) groups is 2. The second-order valence-electron chi connectivity index (χ2n) is 11.7. The van der Waals surface area contributed by atoms with Gasteiger partial charge in [-0.3, -0.25) is 14.6 Å². The minimum absolute atomic E-state index is 0.0280. The first kappa shape index (κ1) is 26.5. The second-order valence-corrected chi connectivity index (χ2v) is 11.7. The molecule has 2 saturated heterocycles. The van der Waals surface area contributed by atoms with Gasteiger partial charge in [0.15, 0.2) is 0 Å². The Labute approximate surface area is 246 Å². The molecule has 4 aromatic rings. The molecule has 3 aliphatic heterocycles. The number of anilines is 2. The maximum Gasteiger partial charge on any atom is 0.329 e. The van der Waals surface area contributed by atoms with Gasteiger partial charge in [-0.15, -0.1) is 0 Å². The molecule has 212 valence electrons. The zero-order valence-corrected chi connectivity index (χ0v) is 23.5. The minimum Gasteiger partial charge on any atom is -0.480 e. The molecule has 3 aliphatic rings. The van der Waals surface area contributed by atoms with E-state index in [1.54, 1.807) is 0 Å². The molecule has 1 N–H and O–H groups in total. The predicted octanol–water partition coefficient (Wildman–Crippen LogP) is 6.48. The normalized spacial score (nSPS) is 21.5. The van der Waals surface area contributed by atoms with E-state index in [1.807, 2.05) is 82.6 Å². The zero-order valence-electron chi connectivity index (χ0n) is 23.5. The average Bonchev–Trinajstić information content (AvgIpc) is 3.22. The molecule has 3 atom stereocenters. The van der Waals surface area contributed by atoms with E-state index >= 15 is 0 Å². The number of urea groups is 1. The maximum absolute atomic E-state index is 14.7. The fourth-order valence-corrected chi connectivity index (χ4v) is 7.45. The van der Waals surface area contributed by atoms with Crippen molar-refractivity contribution >= 4 is 23.4 Å². The number of nitrogens with zero attached hydrogens (tertiary/aromatic N) is 3. The number of carbonyl (C=O) groups excluding carboxylic acids is 1. The van der Waals surface area contributed by atoms with Crippen LogP contribution >= 0.6 is 0 Å². The van der Waals surface area contributed by atoms with Crippen LogP contribution in [-0.4, -0.2) is 58.1 Å². The summed E-state index contributed by atoms with van der Waals surface area (Å²) in [6, 6.07) is 35.6. The lowest BCUT2D eigenvalue weighted by Gasteiger charge is -2.47. The summed E-state index contributed by atoms with van der Waals surface area (Å²) in [5, 5.41) is 10.7. The Morgan fingerprint density at radius 1 is 0.714 bits per heavy atom. The Balaban J connectivity index is 1.24. The van der Waals surface area contributed by atoms with E-state index in [1.165, 1.54) is 0 Å². The van der Waals surface area contributed by atoms with Crippen LogP contribution in [0.4, 0.5) is 16.2 Å². The van der Waals surface area contributed by atoms with Crippen LogP contribution in [0, 0.1) is 0 Å². The Morgan fingerprint density at radius 3 is 1.79 bits per heavy atom. The van der Waals surface area contributed by atoms with Crippen LogP contribution in [0.5, 0.6) is 0 Å². The predicted molar refractivity (Wildman–Crippen MR) is 164 cm³/mol. The molecule has 0 radical (unpaired) electrons. The van der Waals surface area contributed by atoms with Crippen LogP contribution in [0.1, 0.15) is 41.0 Å². The number of fused-ring (bicyclic) bond motifs is 4. The number of amides is 2. The van der Waals surface area contributed by atoms with Crippen LogP contribution in [0.15, 0.2) is 109 Å². The molecule has 0 aromatic heterocycles. The summed E-state index contributed by atoms with van der Waals surface area (Å²) >= 11 is 0. The first-order valence-electron chi connectivity index (χ1n) is 14.9. The highest BCUT2D eigenvalue weighted by atomic mass is 16.4. The molecular weight excluding hydrogens is 522 g/mol. The topological polar surface area (TPSA) is 64.1 Å². The summed E-state index contributed by atoms with van der Waals surface area (Å²) in [4.78, 5) is 33.6. The standard InChI is InChI=1S/C36H35N3O3/c40-35(41)34-33-22-21-29(23-37(34)24-30(25-11-3-1-4-12-25)26-13-5-2-6-14-26)38(33)36(42)39-31-17-9-7-15-27(31)19-20-28-16-8-10-18-32(28)39/h1-18,29-30,33-34H,19-24H2,(H,40,41)/t29-,33+,34-/m0/s1. The van der Waals surface area contributed by atoms with Gasteiger partial charge < -0.3 is 10.0 Å². The quantitative estimate of drug-likeness (QED) is 0.305. The van der Waals surface area contributed by atoms with Crippen molar-refractivity contribution in [1.82, 2.24) is 9.80 Å². The molecule has 0 saturated carbocycles. The number of hydrogen-bond acceptors (Lipinski definition) is 3. The fourth-order valence-electron chi connectivity index (χ4n) is 7.45. The molecule has 0 unspecified atom stereocenters. The largest absolute Gasteiger partial charge is 0.480 e. The number of para-hydroxylation sites is 2. The summed E-state index contributed by atoms with van der Waals surface area (Å²) < 4.78 is 0. The van der Waals surface area contributed by atoms with Crippen LogP contribution < -0.4 is 4.90 Å².